The van der Waals surface area contributed by atoms with Crippen LogP contribution in [-0.2, 0) is 6.54 Å². The molecule has 4 nitrogen and oxygen atoms in total. The average molecular weight is 334 g/mol. The zero-order valence-electron chi connectivity index (χ0n) is 14.5. The largest absolute Gasteiger partial charge is 0.330 e. The van der Waals surface area contributed by atoms with Gasteiger partial charge in [0.1, 0.15) is 5.82 Å². The van der Waals surface area contributed by atoms with Crippen LogP contribution in [0, 0.1) is 0 Å². The second-order valence-corrected chi connectivity index (χ2v) is 6.35. The normalized spacial score (nSPS) is 12.2. The second kappa shape index (κ2) is 8.60. The molecule has 1 aromatic heterocycles. The molecule has 2 aromatic carbocycles. The SMILES string of the molecule is NCCCCC(N)c1nc(-c2ccccc2)cn1Cc1ccccc1. The van der Waals surface area contributed by atoms with E-state index in [2.05, 4.69) is 47.2 Å². The van der Waals surface area contributed by atoms with Gasteiger partial charge in [0.15, 0.2) is 0 Å². The second-order valence-electron chi connectivity index (χ2n) is 6.35. The molecule has 4 N–H and O–H groups in total. The van der Waals surface area contributed by atoms with Gasteiger partial charge in [0.2, 0.25) is 0 Å². The number of hydrogen-bond acceptors (Lipinski definition) is 3. The fourth-order valence-electron chi connectivity index (χ4n) is 3.02. The van der Waals surface area contributed by atoms with Crippen molar-refractivity contribution in [2.45, 2.75) is 31.8 Å². The Morgan fingerprint density at radius 1 is 0.920 bits per heavy atom. The Balaban J connectivity index is 1.89. The lowest BCUT2D eigenvalue weighted by Gasteiger charge is -2.14. The minimum atomic E-state index is -0.0762. The van der Waals surface area contributed by atoms with Gasteiger partial charge >= 0.3 is 0 Å². The van der Waals surface area contributed by atoms with Crippen molar-refractivity contribution in [3.63, 3.8) is 0 Å². The molecule has 25 heavy (non-hydrogen) atoms. The Hall–Kier alpha value is -2.43. The Labute approximate surface area is 149 Å². The average Bonchev–Trinajstić information content (AvgIpc) is 3.07. The maximum absolute atomic E-state index is 6.46. The molecule has 1 atom stereocenters. The van der Waals surface area contributed by atoms with Crippen LogP contribution in [0.25, 0.3) is 11.3 Å². The molecule has 0 aliphatic heterocycles. The molecule has 0 aliphatic carbocycles. The van der Waals surface area contributed by atoms with Crippen molar-refractivity contribution in [2.75, 3.05) is 6.54 Å². The summed E-state index contributed by atoms with van der Waals surface area (Å²) in [6, 6.07) is 20.6. The molecule has 3 rings (SSSR count). The van der Waals surface area contributed by atoms with Crippen molar-refractivity contribution in [3.8, 4) is 11.3 Å². The summed E-state index contributed by atoms with van der Waals surface area (Å²) in [6.45, 7) is 1.49. The number of nitrogens with zero attached hydrogens (tertiary/aromatic N) is 2. The number of aromatic nitrogens is 2. The van der Waals surface area contributed by atoms with E-state index in [1.807, 2.05) is 24.3 Å². The third kappa shape index (κ3) is 4.56. The first kappa shape index (κ1) is 17.4. The van der Waals surface area contributed by atoms with E-state index in [4.69, 9.17) is 16.5 Å². The number of hydrogen-bond donors (Lipinski definition) is 2. The molecule has 0 saturated heterocycles. The van der Waals surface area contributed by atoms with Crippen LogP contribution < -0.4 is 11.5 Å². The molecule has 0 aliphatic rings. The molecule has 3 aromatic rings. The van der Waals surface area contributed by atoms with Crippen LogP contribution in [0.3, 0.4) is 0 Å². The summed E-state index contributed by atoms with van der Waals surface area (Å²) in [5.41, 5.74) is 15.4. The number of rotatable bonds is 8. The summed E-state index contributed by atoms with van der Waals surface area (Å²) in [6.07, 6.45) is 5.03. The van der Waals surface area contributed by atoms with Crippen LogP contribution in [0.1, 0.15) is 36.7 Å². The number of unbranched alkanes of at least 4 members (excludes halogenated alkanes) is 1. The lowest BCUT2D eigenvalue weighted by Crippen LogP contribution is -2.17. The van der Waals surface area contributed by atoms with Crippen LogP contribution in [-0.4, -0.2) is 16.1 Å². The van der Waals surface area contributed by atoms with Gasteiger partial charge in [0, 0.05) is 18.3 Å². The smallest absolute Gasteiger partial charge is 0.126 e. The van der Waals surface area contributed by atoms with E-state index in [0.29, 0.717) is 6.54 Å². The first-order chi connectivity index (χ1) is 12.3. The molecule has 0 saturated carbocycles. The Morgan fingerprint density at radius 3 is 2.28 bits per heavy atom. The fourth-order valence-corrected chi connectivity index (χ4v) is 3.02. The molecule has 1 unspecified atom stereocenters. The first-order valence-corrected chi connectivity index (χ1v) is 8.90. The Morgan fingerprint density at radius 2 is 1.60 bits per heavy atom. The van der Waals surface area contributed by atoms with Crippen molar-refractivity contribution < 1.29 is 0 Å². The highest BCUT2D eigenvalue weighted by molar-refractivity contribution is 5.58. The van der Waals surface area contributed by atoms with E-state index in [0.717, 1.165) is 42.9 Å². The van der Waals surface area contributed by atoms with Crippen molar-refractivity contribution in [1.82, 2.24) is 9.55 Å². The van der Waals surface area contributed by atoms with E-state index in [1.54, 1.807) is 0 Å². The van der Waals surface area contributed by atoms with Crippen molar-refractivity contribution in [3.05, 3.63) is 78.2 Å². The van der Waals surface area contributed by atoms with E-state index in [-0.39, 0.29) is 6.04 Å². The highest BCUT2D eigenvalue weighted by atomic mass is 15.1. The summed E-state index contributed by atoms with van der Waals surface area (Å²) in [5.74, 6) is 0.944. The molecule has 4 heteroatoms. The summed E-state index contributed by atoms with van der Waals surface area (Å²) in [4.78, 5) is 4.86. The molecular formula is C21H26N4. The Bertz CT molecular complexity index is 765. The van der Waals surface area contributed by atoms with Gasteiger partial charge in [0.05, 0.1) is 11.7 Å². The van der Waals surface area contributed by atoms with Gasteiger partial charge in [-0.1, -0.05) is 67.1 Å². The molecule has 0 radical (unpaired) electrons. The summed E-state index contributed by atoms with van der Waals surface area (Å²) < 4.78 is 2.19. The van der Waals surface area contributed by atoms with Gasteiger partial charge in [-0.25, -0.2) is 4.98 Å². The lowest BCUT2D eigenvalue weighted by atomic mass is 10.1. The monoisotopic (exact) mass is 334 g/mol. The molecule has 130 valence electrons. The summed E-state index contributed by atoms with van der Waals surface area (Å²) in [5, 5.41) is 0. The summed E-state index contributed by atoms with van der Waals surface area (Å²) >= 11 is 0. The zero-order valence-corrected chi connectivity index (χ0v) is 14.5. The van der Waals surface area contributed by atoms with E-state index < -0.39 is 0 Å². The molecular weight excluding hydrogens is 308 g/mol. The molecule has 0 fully saturated rings. The highest BCUT2D eigenvalue weighted by Crippen LogP contribution is 2.24. The number of imidazole rings is 1. The van der Waals surface area contributed by atoms with Gasteiger partial charge < -0.3 is 16.0 Å². The van der Waals surface area contributed by atoms with Gasteiger partial charge in [-0.2, -0.15) is 0 Å². The number of nitrogens with two attached hydrogens (primary N) is 2. The minimum Gasteiger partial charge on any atom is -0.330 e. The van der Waals surface area contributed by atoms with Crippen molar-refractivity contribution in [2.24, 2.45) is 11.5 Å². The molecule has 1 heterocycles. The summed E-state index contributed by atoms with van der Waals surface area (Å²) in [7, 11) is 0. The Kier molecular flexibility index (Phi) is 5.99. The van der Waals surface area contributed by atoms with Crippen LogP contribution >= 0.6 is 0 Å². The highest BCUT2D eigenvalue weighted by Gasteiger charge is 2.16. The van der Waals surface area contributed by atoms with Gasteiger partial charge in [-0.05, 0) is 24.9 Å². The van der Waals surface area contributed by atoms with Gasteiger partial charge in [-0.3, -0.25) is 0 Å². The van der Waals surface area contributed by atoms with Gasteiger partial charge in [0.25, 0.3) is 0 Å². The van der Waals surface area contributed by atoms with Crippen molar-refractivity contribution >= 4 is 0 Å². The molecule has 0 bridgehead atoms. The van der Waals surface area contributed by atoms with Crippen LogP contribution in [0.4, 0.5) is 0 Å². The predicted octanol–water partition coefficient (Wildman–Crippen LogP) is 3.73. The zero-order chi connectivity index (χ0) is 17.5. The maximum Gasteiger partial charge on any atom is 0.126 e. The maximum atomic E-state index is 6.46. The van der Waals surface area contributed by atoms with Crippen LogP contribution in [0.5, 0.6) is 0 Å². The van der Waals surface area contributed by atoms with E-state index in [9.17, 15) is 0 Å². The van der Waals surface area contributed by atoms with E-state index in [1.165, 1.54) is 5.56 Å². The third-order valence-corrected chi connectivity index (χ3v) is 4.37. The quantitative estimate of drug-likeness (QED) is 0.617. The lowest BCUT2D eigenvalue weighted by molar-refractivity contribution is 0.541. The first-order valence-electron chi connectivity index (χ1n) is 8.90. The fraction of sp³-hybridized carbons (Fsp3) is 0.286. The molecule has 0 spiro atoms. The predicted molar refractivity (Wildman–Crippen MR) is 103 cm³/mol. The standard InChI is InChI=1S/C21H26N4/c22-14-8-7-13-19(23)21-24-20(18-11-5-2-6-12-18)16-25(21)15-17-9-3-1-4-10-17/h1-6,9-12,16,19H,7-8,13-15,22-23H2. The van der Waals surface area contributed by atoms with Gasteiger partial charge in [-0.15, -0.1) is 0 Å². The minimum absolute atomic E-state index is 0.0762. The van der Waals surface area contributed by atoms with Crippen LogP contribution in [0.2, 0.25) is 0 Å². The van der Waals surface area contributed by atoms with Crippen LogP contribution in [0.15, 0.2) is 66.9 Å². The topological polar surface area (TPSA) is 69.9 Å². The number of benzene rings is 2. The molecule has 0 amide bonds. The van der Waals surface area contributed by atoms with Crippen molar-refractivity contribution in [1.29, 1.82) is 0 Å². The van der Waals surface area contributed by atoms with E-state index >= 15 is 0 Å². The third-order valence-electron chi connectivity index (χ3n) is 4.37.